The SMILES string of the molecule is O=C(C1CC1)N(Cc1ccccn1)C(c1ccc(/C(=C\CC(F)(F)F)c2cc(Cl)c(Cl)c(Cl)c2)cc1)C(F)(F)F. The first-order valence-electron chi connectivity index (χ1n) is 12.0. The maximum Gasteiger partial charge on any atom is 0.413 e. The van der Waals surface area contributed by atoms with E-state index in [-0.39, 0.29) is 49.6 Å². The van der Waals surface area contributed by atoms with E-state index in [1.54, 1.807) is 12.1 Å². The molecule has 0 aliphatic heterocycles. The van der Waals surface area contributed by atoms with Gasteiger partial charge in [-0.15, -0.1) is 0 Å². The largest absolute Gasteiger partial charge is 0.413 e. The van der Waals surface area contributed by atoms with Gasteiger partial charge in [-0.3, -0.25) is 9.78 Å². The van der Waals surface area contributed by atoms with E-state index in [2.05, 4.69) is 4.98 Å². The van der Waals surface area contributed by atoms with Crippen LogP contribution in [0.3, 0.4) is 0 Å². The Kier molecular flexibility index (Phi) is 9.07. The number of benzene rings is 2. The Labute approximate surface area is 241 Å². The van der Waals surface area contributed by atoms with Crippen molar-refractivity contribution in [1.29, 1.82) is 0 Å². The van der Waals surface area contributed by atoms with Crippen LogP contribution < -0.4 is 0 Å². The number of hydrogen-bond acceptors (Lipinski definition) is 2. The van der Waals surface area contributed by atoms with Gasteiger partial charge in [0, 0.05) is 12.1 Å². The molecule has 1 heterocycles. The lowest BCUT2D eigenvalue weighted by Crippen LogP contribution is -2.42. The number of aromatic nitrogens is 1. The molecule has 1 amide bonds. The topological polar surface area (TPSA) is 33.2 Å². The van der Waals surface area contributed by atoms with Gasteiger partial charge in [-0.25, -0.2) is 0 Å². The van der Waals surface area contributed by atoms with E-state index in [0.717, 1.165) is 23.1 Å². The van der Waals surface area contributed by atoms with Crippen LogP contribution in [-0.2, 0) is 11.3 Å². The number of pyridine rings is 1. The number of hydrogen-bond donors (Lipinski definition) is 0. The average molecular weight is 622 g/mol. The molecule has 0 spiro atoms. The molecule has 0 bridgehead atoms. The van der Waals surface area contributed by atoms with Gasteiger partial charge in [0.1, 0.15) is 0 Å². The number of carbonyl (C=O) groups is 1. The summed E-state index contributed by atoms with van der Waals surface area (Å²) in [5.41, 5.74) is 0.477. The zero-order valence-electron chi connectivity index (χ0n) is 20.5. The predicted octanol–water partition coefficient (Wildman–Crippen LogP) is 9.47. The molecule has 1 atom stereocenters. The van der Waals surface area contributed by atoms with Crippen LogP contribution in [0.25, 0.3) is 5.57 Å². The Morgan fingerprint density at radius 2 is 1.57 bits per heavy atom. The summed E-state index contributed by atoms with van der Waals surface area (Å²) < 4.78 is 82.8. The van der Waals surface area contributed by atoms with Gasteiger partial charge in [0.25, 0.3) is 0 Å². The molecule has 2 aromatic carbocycles. The summed E-state index contributed by atoms with van der Waals surface area (Å²) in [4.78, 5) is 17.9. The molecule has 1 saturated carbocycles. The van der Waals surface area contributed by atoms with Crippen LogP contribution in [0.4, 0.5) is 26.3 Å². The van der Waals surface area contributed by atoms with Crippen LogP contribution in [0.2, 0.25) is 15.1 Å². The van der Waals surface area contributed by atoms with Gasteiger partial charge in [0.15, 0.2) is 6.04 Å². The molecular formula is C28H21Cl3F6N2O. The van der Waals surface area contributed by atoms with E-state index in [1.807, 2.05) is 0 Å². The quantitative estimate of drug-likeness (QED) is 0.185. The maximum atomic E-state index is 14.5. The highest BCUT2D eigenvalue weighted by molar-refractivity contribution is 6.48. The molecule has 12 heteroatoms. The summed E-state index contributed by atoms with van der Waals surface area (Å²) in [7, 11) is 0. The van der Waals surface area contributed by atoms with E-state index in [1.165, 1.54) is 36.5 Å². The molecular weight excluding hydrogens is 601 g/mol. The summed E-state index contributed by atoms with van der Waals surface area (Å²) in [6.07, 6.45) is -7.36. The highest BCUT2D eigenvalue weighted by Gasteiger charge is 2.49. The highest BCUT2D eigenvalue weighted by Crippen LogP contribution is 2.43. The fraction of sp³-hybridized carbons (Fsp3) is 0.286. The van der Waals surface area contributed by atoms with Gasteiger partial charge in [-0.2, -0.15) is 26.3 Å². The number of rotatable bonds is 8. The molecule has 212 valence electrons. The number of alkyl halides is 6. The second kappa shape index (κ2) is 12.0. The molecule has 0 radical (unpaired) electrons. The van der Waals surface area contributed by atoms with Crippen molar-refractivity contribution in [2.45, 2.75) is 44.2 Å². The Morgan fingerprint density at radius 3 is 2.08 bits per heavy atom. The van der Waals surface area contributed by atoms with Crippen molar-refractivity contribution >= 4 is 46.3 Å². The van der Waals surface area contributed by atoms with Crippen LogP contribution in [-0.4, -0.2) is 28.1 Å². The van der Waals surface area contributed by atoms with E-state index in [9.17, 15) is 31.1 Å². The van der Waals surface area contributed by atoms with Crippen molar-refractivity contribution in [2.75, 3.05) is 0 Å². The minimum absolute atomic E-state index is 0.000387. The second-order valence-corrected chi connectivity index (χ2v) is 10.5. The van der Waals surface area contributed by atoms with Crippen molar-refractivity contribution in [1.82, 2.24) is 9.88 Å². The average Bonchev–Trinajstić information content (AvgIpc) is 3.72. The van der Waals surface area contributed by atoms with Gasteiger partial charge in [-0.1, -0.05) is 71.2 Å². The first-order valence-corrected chi connectivity index (χ1v) is 13.2. The van der Waals surface area contributed by atoms with Gasteiger partial charge in [0.05, 0.1) is 33.7 Å². The first-order chi connectivity index (χ1) is 18.7. The van der Waals surface area contributed by atoms with Gasteiger partial charge in [-0.05, 0) is 59.4 Å². The fourth-order valence-corrected chi connectivity index (χ4v) is 4.85. The molecule has 1 aromatic heterocycles. The Hall–Kier alpha value is -2.75. The fourth-order valence-electron chi connectivity index (χ4n) is 4.25. The third-order valence-electron chi connectivity index (χ3n) is 6.26. The smallest absolute Gasteiger partial charge is 0.321 e. The van der Waals surface area contributed by atoms with Crippen molar-refractivity contribution < 1.29 is 31.1 Å². The zero-order chi connectivity index (χ0) is 29.2. The molecule has 1 unspecified atom stereocenters. The predicted molar refractivity (Wildman–Crippen MR) is 142 cm³/mol. The second-order valence-electron chi connectivity index (χ2n) is 9.32. The lowest BCUT2D eigenvalue weighted by molar-refractivity contribution is -0.194. The summed E-state index contributed by atoms with van der Waals surface area (Å²) in [6.45, 7) is -0.361. The molecule has 1 aliphatic carbocycles. The molecule has 0 saturated heterocycles. The normalized spacial score (nSPS) is 15.2. The number of amides is 1. The van der Waals surface area contributed by atoms with Crippen LogP contribution in [0.1, 0.15) is 47.7 Å². The van der Waals surface area contributed by atoms with Crippen molar-refractivity contribution in [2.24, 2.45) is 5.92 Å². The Morgan fingerprint density at radius 1 is 0.950 bits per heavy atom. The van der Waals surface area contributed by atoms with E-state index in [4.69, 9.17) is 34.8 Å². The number of nitrogens with zero attached hydrogens (tertiary/aromatic N) is 2. The standard InChI is InChI=1S/C28H21Cl3F6N2O/c29-22-13-19(14-23(30)24(22)31)21(10-11-27(32,33)34)16-4-6-17(7-5-16)25(28(35,36)37)39(26(40)18-8-9-18)15-20-3-1-2-12-38-20/h1-7,10,12-14,18,25H,8-9,11,15H2/b21-10+. The highest BCUT2D eigenvalue weighted by atomic mass is 35.5. The van der Waals surface area contributed by atoms with Crippen LogP contribution in [0.15, 0.2) is 66.9 Å². The molecule has 0 N–H and O–H groups in total. The Balaban J connectivity index is 1.75. The van der Waals surface area contributed by atoms with Crippen molar-refractivity contribution in [3.8, 4) is 0 Å². The Bertz CT molecular complexity index is 1360. The van der Waals surface area contributed by atoms with Gasteiger partial charge in [0.2, 0.25) is 5.91 Å². The van der Waals surface area contributed by atoms with Crippen molar-refractivity contribution in [3.05, 3.63) is 104 Å². The summed E-state index contributed by atoms with van der Waals surface area (Å²) >= 11 is 18.2. The summed E-state index contributed by atoms with van der Waals surface area (Å²) in [5.74, 6) is -1.13. The number of carbonyl (C=O) groups excluding carboxylic acids is 1. The number of allylic oxidation sites excluding steroid dienone is 1. The van der Waals surface area contributed by atoms with Gasteiger partial charge >= 0.3 is 12.4 Å². The van der Waals surface area contributed by atoms with Crippen molar-refractivity contribution in [3.63, 3.8) is 0 Å². The minimum atomic E-state index is -4.84. The lowest BCUT2D eigenvalue weighted by atomic mass is 9.94. The third-order valence-corrected chi connectivity index (χ3v) is 7.46. The summed E-state index contributed by atoms with van der Waals surface area (Å²) in [6, 6.07) is 9.97. The monoisotopic (exact) mass is 620 g/mol. The maximum absolute atomic E-state index is 14.5. The van der Waals surface area contributed by atoms with Crippen LogP contribution in [0, 0.1) is 5.92 Å². The van der Waals surface area contributed by atoms with E-state index in [0.29, 0.717) is 12.8 Å². The molecule has 40 heavy (non-hydrogen) atoms. The minimum Gasteiger partial charge on any atom is -0.321 e. The van der Waals surface area contributed by atoms with Crippen LogP contribution >= 0.6 is 34.8 Å². The molecule has 4 rings (SSSR count). The first kappa shape index (κ1) is 30.2. The molecule has 1 fully saturated rings. The van der Waals surface area contributed by atoms with E-state index >= 15 is 0 Å². The molecule has 1 aliphatic rings. The number of halogens is 9. The molecule has 3 aromatic rings. The summed E-state index contributed by atoms with van der Waals surface area (Å²) in [5, 5.41) is 0.0121. The van der Waals surface area contributed by atoms with E-state index < -0.39 is 36.6 Å². The lowest BCUT2D eigenvalue weighted by Gasteiger charge is -2.33. The van der Waals surface area contributed by atoms with Gasteiger partial charge < -0.3 is 4.90 Å². The third kappa shape index (κ3) is 7.50. The molecule has 3 nitrogen and oxygen atoms in total. The zero-order valence-corrected chi connectivity index (χ0v) is 22.8. The van der Waals surface area contributed by atoms with Crippen LogP contribution in [0.5, 0.6) is 0 Å².